The Bertz CT molecular complexity index is 699. The molecule has 0 aromatic heterocycles. The first-order valence-electron chi connectivity index (χ1n) is 8.36. The highest BCUT2D eigenvalue weighted by atomic mass is 16.6. The molecule has 3 rings (SSSR count). The molecular weight excluding hydrogens is 308 g/mol. The van der Waals surface area contributed by atoms with E-state index in [2.05, 4.69) is 0 Å². The quantitative estimate of drug-likeness (QED) is 0.382. The van der Waals surface area contributed by atoms with E-state index in [1.165, 1.54) is 6.08 Å². The van der Waals surface area contributed by atoms with Crippen LogP contribution < -0.4 is 5.11 Å². The summed E-state index contributed by atoms with van der Waals surface area (Å²) in [5.41, 5.74) is -1.75. The Morgan fingerprint density at radius 2 is 1.79 bits per heavy atom. The molecule has 0 amide bonds. The number of ketones is 2. The van der Waals surface area contributed by atoms with Crippen molar-refractivity contribution in [2.24, 2.45) is 23.7 Å². The van der Waals surface area contributed by atoms with Crippen LogP contribution in [-0.2, 0) is 19.1 Å². The highest BCUT2D eigenvalue weighted by molar-refractivity contribution is 6.20. The first kappa shape index (κ1) is 16.7. The van der Waals surface area contributed by atoms with Crippen LogP contribution in [0, 0.1) is 23.7 Å². The predicted molar refractivity (Wildman–Crippen MR) is 84.4 cm³/mol. The van der Waals surface area contributed by atoms with E-state index < -0.39 is 34.9 Å². The zero-order chi connectivity index (χ0) is 17.6. The smallest absolute Gasteiger partial charge is 0.341 e. The van der Waals surface area contributed by atoms with Crippen molar-refractivity contribution in [3.05, 3.63) is 35.6 Å². The second kappa shape index (κ2) is 5.72. The number of hydrogen-bond donors (Lipinski definition) is 0. The maximum atomic E-state index is 13.0. The largest absolute Gasteiger partial charge is 0.872 e. The summed E-state index contributed by atoms with van der Waals surface area (Å²) in [7, 11) is 0. The minimum atomic E-state index is -1.39. The Labute approximate surface area is 141 Å². The Hall–Kier alpha value is -2.17. The lowest BCUT2D eigenvalue weighted by Gasteiger charge is -2.42. The molecule has 2 bridgehead atoms. The zero-order valence-corrected chi connectivity index (χ0v) is 14.1. The molecule has 0 saturated carbocycles. The van der Waals surface area contributed by atoms with Crippen LogP contribution in [0.2, 0.25) is 0 Å². The molecule has 2 aliphatic carbocycles. The SMILES string of the molecule is C[C@@H]1C[C@H](C)C(=O)/C=C/[C@@H]2C=C[C@H](C)C[C@@]23OC(=O)C(=C3[O-])C1=O. The van der Waals surface area contributed by atoms with Gasteiger partial charge in [0.15, 0.2) is 11.6 Å². The Kier molecular flexibility index (Phi) is 3.98. The van der Waals surface area contributed by atoms with E-state index in [0.29, 0.717) is 12.8 Å². The highest BCUT2D eigenvalue weighted by Gasteiger charge is 2.51. The number of Topliss-reactive ketones (excluding diaryl/α,β-unsaturated/α-hetero) is 1. The summed E-state index contributed by atoms with van der Waals surface area (Å²) in [6, 6.07) is 0. The Morgan fingerprint density at radius 1 is 1.08 bits per heavy atom. The number of allylic oxidation sites excluding steroid dienone is 2. The predicted octanol–water partition coefficient (Wildman–Crippen LogP) is 1.48. The normalized spacial score (nSPS) is 40.9. The van der Waals surface area contributed by atoms with Crippen LogP contribution in [0.1, 0.15) is 33.6 Å². The van der Waals surface area contributed by atoms with Crippen molar-refractivity contribution in [3.63, 3.8) is 0 Å². The van der Waals surface area contributed by atoms with Crippen LogP contribution in [0.3, 0.4) is 0 Å². The van der Waals surface area contributed by atoms with Crippen LogP contribution in [0.5, 0.6) is 0 Å². The van der Waals surface area contributed by atoms with Gasteiger partial charge < -0.3 is 9.84 Å². The standard InChI is InChI=1S/C19H22O5/c1-10-4-5-13-6-7-14(20)11(2)8-12(3)16(21)15-17(22)19(13,9-10)24-18(15)23/h4-7,10-13,22H,8-9H2,1-3H3/p-1/b7-6+/t10-,11-,12+,13-,19+/m0/s1. The number of esters is 1. The first-order valence-corrected chi connectivity index (χ1v) is 8.36. The molecular formula is C19H21O5-. The van der Waals surface area contributed by atoms with Crippen molar-refractivity contribution in [2.75, 3.05) is 0 Å². The number of carbonyl (C=O) groups excluding carboxylic acids is 3. The van der Waals surface area contributed by atoms with Crippen LogP contribution in [-0.4, -0.2) is 23.1 Å². The summed E-state index contributed by atoms with van der Waals surface area (Å²) in [6.07, 6.45) is 7.45. The summed E-state index contributed by atoms with van der Waals surface area (Å²) in [5.74, 6) is -3.35. The van der Waals surface area contributed by atoms with Gasteiger partial charge in [-0.15, -0.1) is 0 Å². The van der Waals surface area contributed by atoms with Crippen LogP contribution in [0.25, 0.3) is 0 Å². The van der Waals surface area contributed by atoms with Gasteiger partial charge in [-0.05, 0) is 24.8 Å². The molecule has 0 aromatic rings. The third-order valence-electron chi connectivity index (χ3n) is 5.26. The fourth-order valence-corrected chi connectivity index (χ4v) is 3.86. The zero-order valence-electron chi connectivity index (χ0n) is 14.1. The minimum absolute atomic E-state index is 0.0398. The minimum Gasteiger partial charge on any atom is -0.872 e. The summed E-state index contributed by atoms with van der Waals surface area (Å²) >= 11 is 0. The van der Waals surface area contributed by atoms with E-state index in [4.69, 9.17) is 4.74 Å². The second-order valence-corrected chi connectivity index (χ2v) is 7.24. The molecule has 0 unspecified atom stereocenters. The van der Waals surface area contributed by atoms with Crippen molar-refractivity contribution in [1.29, 1.82) is 0 Å². The van der Waals surface area contributed by atoms with Gasteiger partial charge in [0.25, 0.3) is 0 Å². The van der Waals surface area contributed by atoms with Crippen LogP contribution >= 0.6 is 0 Å². The average molecular weight is 329 g/mol. The average Bonchev–Trinajstić information content (AvgIpc) is 2.75. The van der Waals surface area contributed by atoms with Crippen molar-refractivity contribution < 1.29 is 24.2 Å². The van der Waals surface area contributed by atoms with Gasteiger partial charge in [0.1, 0.15) is 5.60 Å². The molecule has 128 valence electrons. The molecule has 0 aromatic carbocycles. The van der Waals surface area contributed by atoms with Gasteiger partial charge >= 0.3 is 5.97 Å². The van der Waals surface area contributed by atoms with Crippen LogP contribution in [0.4, 0.5) is 0 Å². The van der Waals surface area contributed by atoms with Gasteiger partial charge in [0.05, 0.1) is 5.57 Å². The Balaban J connectivity index is 2.18. The van der Waals surface area contributed by atoms with E-state index in [1.807, 2.05) is 13.0 Å². The van der Waals surface area contributed by atoms with E-state index in [-0.39, 0.29) is 23.2 Å². The first-order chi connectivity index (χ1) is 11.3. The van der Waals surface area contributed by atoms with Gasteiger partial charge in [0, 0.05) is 17.8 Å². The number of ether oxygens (including phenoxy) is 1. The third kappa shape index (κ3) is 2.43. The maximum Gasteiger partial charge on any atom is 0.341 e. The summed E-state index contributed by atoms with van der Waals surface area (Å²) in [5, 5.41) is 13.0. The second-order valence-electron chi connectivity index (χ2n) is 7.24. The van der Waals surface area contributed by atoms with Gasteiger partial charge in [-0.3, -0.25) is 9.59 Å². The summed E-state index contributed by atoms with van der Waals surface area (Å²) < 4.78 is 5.49. The molecule has 1 spiro atoms. The van der Waals surface area contributed by atoms with Crippen molar-refractivity contribution in [3.8, 4) is 0 Å². The molecule has 0 N–H and O–H groups in total. The molecule has 1 heterocycles. The molecule has 24 heavy (non-hydrogen) atoms. The lowest BCUT2D eigenvalue weighted by molar-refractivity contribution is -0.333. The third-order valence-corrected chi connectivity index (χ3v) is 5.26. The topological polar surface area (TPSA) is 83.5 Å². The summed E-state index contributed by atoms with van der Waals surface area (Å²) in [6.45, 7) is 5.33. The molecule has 0 radical (unpaired) electrons. The van der Waals surface area contributed by atoms with Crippen molar-refractivity contribution >= 4 is 17.5 Å². The van der Waals surface area contributed by atoms with E-state index in [1.54, 1.807) is 26.0 Å². The van der Waals surface area contributed by atoms with E-state index in [9.17, 15) is 19.5 Å². The molecule has 0 saturated heterocycles. The number of hydrogen-bond acceptors (Lipinski definition) is 5. The van der Waals surface area contributed by atoms with Crippen molar-refractivity contribution in [2.45, 2.75) is 39.2 Å². The fourth-order valence-electron chi connectivity index (χ4n) is 3.86. The van der Waals surface area contributed by atoms with Gasteiger partial charge in [-0.25, -0.2) is 4.79 Å². The lowest BCUT2D eigenvalue weighted by Crippen LogP contribution is -2.46. The molecule has 5 nitrogen and oxygen atoms in total. The Morgan fingerprint density at radius 3 is 2.50 bits per heavy atom. The van der Waals surface area contributed by atoms with E-state index in [0.717, 1.165) is 0 Å². The fraction of sp³-hybridized carbons (Fsp3) is 0.526. The maximum absolute atomic E-state index is 13.0. The molecule has 3 aliphatic rings. The molecule has 1 aliphatic heterocycles. The number of rotatable bonds is 0. The lowest BCUT2D eigenvalue weighted by atomic mass is 9.74. The summed E-state index contributed by atoms with van der Waals surface area (Å²) in [4.78, 5) is 37.2. The highest BCUT2D eigenvalue weighted by Crippen LogP contribution is 2.46. The van der Waals surface area contributed by atoms with Crippen LogP contribution in [0.15, 0.2) is 35.6 Å². The molecule has 5 atom stereocenters. The monoisotopic (exact) mass is 329 g/mol. The van der Waals surface area contributed by atoms with Crippen molar-refractivity contribution in [1.82, 2.24) is 0 Å². The van der Waals surface area contributed by atoms with Gasteiger partial charge in [-0.1, -0.05) is 44.8 Å². The molecule has 5 heteroatoms. The van der Waals surface area contributed by atoms with E-state index >= 15 is 0 Å². The molecule has 0 fully saturated rings. The van der Waals surface area contributed by atoms with Gasteiger partial charge in [-0.2, -0.15) is 0 Å². The van der Waals surface area contributed by atoms with Gasteiger partial charge in [0.2, 0.25) is 0 Å². The number of carbonyl (C=O) groups is 3.